The molecule has 1 N–H and O–H groups in total. The second-order valence-electron chi connectivity index (χ2n) is 5.48. The van der Waals surface area contributed by atoms with Crippen molar-refractivity contribution in [1.82, 2.24) is 9.78 Å². The third-order valence-electron chi connectivity index (χ3n) is 3.65. The molecule has 0 aliphatic carbocycles. The number of hydrogen-bond acceptors (Lipinski definition) is 4. The molecule has 0 unspecified atom stereocenters. The van der Waals surface area contributed by atoms with E-state index in [9.17, 15) is 9.59 Å². The van der Waals surface area contributed by atoms with Gasteiger partial charge in [-0.15, -0.1) is 0 Å². The highest BCUT2D eigenvalue weighted by Gasteiger charge is 2.16. The summed E-state index contributed by atoms with van der Waals surface area (Å²) in [7, 11) is 1.84. The lowest BCUT2D eigenvalue weighted by Gasteiger charge is -2.12. The van der Waals surface area contributed by atoms with Crippen molar-refractivity contribution in [2.45, 2.75) is 26.9 Å². The first-order chi connectivity index (χ1) is 11.4. The van der Waals surface area contributed by atoms with Crippen LogP contribution in [-0.4, -0.2) is 27.8 Å². The molecule has 1 aromatic heterocycles. The zero-order valence-corrected chi connectivity index (χ0v) is 14.2. The standard InChI is InChI=1S/C18H21N3O3/c1-12-16(13(2)21(4)20-12)10-11-17(22)24-14(3)18(23)19-15-8-6-5-7-9-15/h5-11,14H,1-4H3,(H,19,23)/b11-10+/t14-/m0/s1. The van der Waals surface area contributed by atoms with E-state index < -0.39 is 12.1 Å². The molecule has 0 spiro atoms. The second kappa shape index (κ2) is 7.59. The number of rotatable bonds is 5. The topological polar surface area (TPSA) is 73.2 Å². The number of nitrogens with zero attached hydrogens (tertiary/aromatic N) is 2. The molecule has 2 aromatic rings. The van der Waals surface area contributed by atoms with E-state index in [4.69, 9.17) is 4.74 Å². The number of anilines is 1. The normalized spacial score (nSPS) is 12.2. The van der Waals surface area contributed by atoms with Gasteiger partial charge in [0.15, 0.2) is 6.10 Å². The number of para-hydroxylation sites is 1. The Morgan fingerprint density at radius 3 is 2.50 bits per heavy atom. The average molecular weight is 327 g/mol. The molecule has 1 amide bonds. The minimum atomic E-state index is -0.890. The van der Waals surface area contributed by atoms with Gasteiger partial charge in [0.05, 0.1) is 5.69 Å². The quantitative estimate of drug-likeness (QED) is 0.677. The Kier molecular flexibility index (Phi) is 5.52. The van der Waals surface area contributed by atoms with Crippen molar-refractivity contribution < 1.29 is 14.3 Å². The lowest BCUT2D eigenvalue weighted by Crippen LogP contribution is -2.29. The highest BCUT2D eigenvalue weighted by atomic mass is 16.5. The molecule has 6 nitrogen and oxygen atoms in total. The number of carbonyl (C=O) groups excluding carboxylic acids is 2. The molecular weight excluding hydrogens is 306 g/mol. The van der Waals surface area contributed by atoms with Crippen LogP contribution in [0, 0.1) is 13.8 Å². The van der Waals surface area contributed by atoms with E-state index in [2.05, 4.69) is 10.4 Å². The molecule has 6 heteroatoms. The van der Waals surface area contributed by atoms with Crippen LogP contribution in [0.4, 0.5) is 5.69 Å². The fraction of sp³-hybridized carbons (Fsp3) is 0.278. The van der Waals surface area contributed by atoms with Crippen LogP contribution in [0.5, 0.6) is 0 Å². The van der Waals surface area contributed by atoms with Crippen molar-refractivity contribution in [1.29, 1.82) is 0 Å². The van der Waals surface area contributed by atoms with Gasteiger partial charge in [0.1, 0.15) is 0 Å². The van der Waals surface area contributed by atoms with E-state index in [1.54, 1.807) is 22.9 Å². The van der Waals surface area contributed by atoms with Gasteiger partial charge in [-0.3, -0.25) is 9.48 Å². The van der Waals surface area contributed by atoms with Crippen molar-refractivity contribution in [3.8, 4) is 0 Å². The molecule has 1 atom stereocenters. The van der Waals surface area contributed by atoms with Crippen LogP contribution in [0.1, 0.15) is 23.9 Å². The molecule has 0 saturated carbocycles. The maximum atomic E-state index is 12.0. The molecule has 0 saturated heterocycles. The highest BCUT2D eigenvalue weighted by molar-refractivity contribution is 5.96. The van der Waals surface area contributed by atoms with Gasteiger partial charge in [0, 0.05) is 30.1 Å². The van der Waals surface area contributed by atoms with E-state index in [0.29, 0.717) is 5.69 Å². The van der Waals surface area contributed by atoms with E-state index in [1.165, 1.54) is 13.0 Å². The summed E-state index contributed by atoms with van der Waals surface area (Å²) in [5.74, 6) is -0.954. The largest absolute Gasteiger partial charge is 0.449 e. The highest BCUT2D eigenvalue weighted by Crippen LogP contribution is 2.14. The summed E-state index contributed by atoms with van der Waals surface area (Å²) in [4.78, 5) is 23.9. The fourth-order valence-corrected chi connectivity index (χ4v) is 2.21. The van der Waals surface area contributed by atoms with E-state index in [-0.39, 0.29) is 5.91 Å². The zero-order chi connectivity index (χ0) is 17.7. The molecule has 126 valence electrons. The number of hydrogen-bond donors (Lipinski definition) is 1. The van der Waals surface area contributed by atoms with Crippen LogP contribution in [0.25, 0.3) is 6.08 Å². The van der Waals surface area contributed by atoms with Crippen molar-refractivity contribution in [3.05, 3.63) is 53.4 Å². The number of benzene rings is 1. The SMILES string of the molecule is Cc1nn(C)c(C)c1/C=C/C(=O)O[C@@H](C)C(=O)Nc1ccccc1. The van der Waals surface area contributed by atoms with E-state index >= 15 is 0 Å². The van der Waals surface area contributed by atoms with E-state index in [0.717, 1.165) is 17.0 Å². The van der Waals surface area contributed by atoms with Crippen LogP contribution in [0.3, 0.4) is 0 Å². The summed E-state index contributed by atoms with van der Waals surface area (Å²) < 4.78 is 6.87. The molecular formula is C18H21N3O3. The molecule has 0 aliphatic heterocycles. The van der Waals surface area contributed by atoms with Crippen LogP contribution >= 0.6 is 0 Å². The Labute approximate surface area is 141 Å². The van der Waals surface area contributed by atoms with Crippen LogP contribution in [0.2, 0.25) is 0 Å². The molecule has 24 heavy (non-hydrogen) atoms. The Balaban J connectivity index is 1.94. The van der Waals surface area contributed by atoms with Crippen molar-refractivity contribution >= 4 is 23.6 Å². The zero-order valence-electron chi connectivity index (χ0n) is 14.2. The molecule has 1 aromatic carbocycles. The Hall–Kier alpha value is -2.89. The number of nitrogens with one attached hydrogen (secondary N) is 1. The number of aryl methyl sites for hydroxylation is 2. The third kappa shape index (κ3) is 4.32. The second-order valence-corrected chi connectivity index (χ2v) is 5.48. The molecule has 0 radical (unpaired) electrons. The summed E-state index contributed by atoms with van der Waals surface area (Å²) in [5, 5.41) is 6.96. The Morgan fingerprint density at radius 2 is 1.92 bits per heavy atom. The first-order valence-corrected chi connectivity index (χ1v) is 7.63. The lowest BCUT2D eigenvalue weighted by molar-refractivity contribution is -0.148. The Bertz CT molecular complexity index is 763. The Morgan fingerprint density at radius 1 is 1.25 bits per heavy atom. The summed E-state index contributed by atoms with van der Waals surface area (Å²) >= 11 is 0. The predicted octanol–water partition coefficient (Wildman–Crippen LogP) is 2.62. The van der Waals surface area contributed by atoms with Crippen LogP contribution in [-0.2, 0) is 21.4 Å². The molecule has 0 fully saturated rings. The lowest BCUT2D eigenvalue weighted by atomic mass is 10.2. The fourth-order valence-electron chi connectivity index (χ4n) is 2.21. The van der Waals surface area contributed by atoms with Crippen LogP contribution < -0.4 is 5.32 Å². The number of carbonyl (C=O) groups is 2. The number of esters is 1. The van der Waals surface area contributed by atoms with Gasteiger partial charge in [-0.2, -0.15) is 5.10 Å². The van der Waals surface area contributed by atoms with Gasteiger partial charge < -0.3 is 10.1 Å². The first kappa shape index (κ1) is 17.5. The monoisotopic (exact) mass is 327 g/mol. The van der Waals surface area contributed by atoms with Crippen molar-refractivity contribution in [2.75, 3.05) is 5.32 Å². The van der Waals surface area contributed by atoms with Crippen molar-refractivity contribution in [2.24, 2.45) is 7.05 Å². The van der Waals surface area contributed by atoms with Gasteiger partial charge in [0.25, 0.3) is 5.91 Å². The minimum absolute atomic E-state index is 0.378. The molecule has 2 rings (SSSR count). The third-order valence-corrected chi connectivity index (χ3v) is 3.65. The molecule has 0 bridgehead atoms. The van der Waals surface area contributed by atoms with Crippen molar-refractivity contribution in [3.63, 3.8) is 0 Å². The first-order valence-electron chi connectivity index (χ1n) is 7.63. The average Bonchev–Trinajstić information content (AvgIpc) is 2.79. The summed E-state index contributed by atoms with van der Waals surface area (Å²) in [6, 6.07) is 9.01. The number of ether oxygens (including phenoxy) is 1. The van der Waals surface area contributed by atoms with Gasteiger partial charge >= 0.3 is 5.97 Å². The minimum Gasteiger partial charge on any atom is -0.449 e. The maximum absolute atomic E-state index is 12.0. The van der Waals surface area contributed by atoms with Crippen LogP contribution in [0.15, 0.2) is 36.4 Å². The smallest absolute Gasteiger partial charge is 0.331 e. The maximum Gasteiger partial charge on any atom is 0.331 e. The van der Waals surface area contributed by atoms with E-state index in [1.807, 2.05) is 39.1 Å². The molecule has 0 aliphatic rings. The van der Waals surface area contributed by atoms with Gasteiger partial charge in [0.2, 0.25) is 0 Å². The molecule has 1 heterocycles. The van der Waals surface area contributed by atoms with Gasteiger partial charge in [-0.05, 0) is 39.0 Å². The summed E-state index contributed by atoms with van der Waals surface area (Å²) in [6.45, 7) is 5.32. The van der Waals surface area contributed by atoms with Gasteiger partial charge in [-0.25, -0.2) is 4.79 Å². The van der Waals surface area contributed by atoms with Gasteiger partial charge in [-0.1, -0.05) is 18.2 Å². The summed E-state index contributed by atoms with van der Waals surface area (Å²) in [6.07, 6.45) is 2.07. The summed E-state index contributed by atoms with van der Waals surface area (Å²) in [5.41, 5.74) is 3.30. The number of aromatic nitrogens is 2. The predicted molar refractivity (Wildman–Crippen MR) is 92.3 cm³/mol. The number of amides is 1.